The van der Waals surface area contributed by atoms with Crippen LogP contribution in [0.2, 0.25) is 0 Å². The highest BCUT2D eigenvalue weighted by molar-refractivity contribution is 8.00. The molecule has 0 spiro atoms. The average molecular weight is 294 g/mol. The van der Waals surface area contributed by atoms with Gasteiger partial charge in [0.15, 0.2) is 0 Å². The van der Waals surface area contributed by atoms with Crippen LogP contribution < -0.4 is 10.0 Å². The van der Waals surface area contributed by atoms with Gasteiger partial charge in [0, 0.05) is 24.4 Å². The van der Waals surface area contributed by atoms with Gasteiger partial charge < -0.3 is 5.32 Å². The van der Waals surface area contributed by atoms with E-state index in [1.54, 1.807) is 13.8 Å². The van der Waals surface area contributed by atoms with Crippen LogP contribution in [0.4, 0.5) is 13.2 Å². The van der Waals surface area contributed by atoms with E-state index in [4.69, 9.17) is 0 Å². The summed E-state index contributed by atoms with van der Waals surface area (Å²) in [6.45, 7) is 3.73. The molecule has 2 N–H and O–H groups in total. The van der Waals surface area contributed by atoms with Gasteiger partial charge in [-0.25, -0.2) is 13.1 Å². The van der Waals surface area contributed by atoms with Gasteiger partial charge in [-0.15, -0.1) is 0 Å². The molecule has 0 saturated carbocycles. The van der Waals surface area contributed by atoms with Crippen molar-refractivity contribution in [1.82, 2.24) is 10.0 Å². The van der Waals surface area contributed by atoms with Gasteiger partial charge in [0.2, 0.25) is 10.0 Å². The first-order chi connectivity index (χ1) is 7.41. The van der Waals surface area contributed by atoms with E-state index in [0.717, 1.165) is 6.26 Å². The largest absolute Gasteiger partial charge is 0.441 e. The lowest BCUT2D eigenvalue weighted by Gasteiger charge is -2.25. The lowest BCUT2D eigenvalue weighted by atomic mass is 10.1. The van der Waals surface area contributed by atoms with Crippen molar-refractivity contribution in [3.8, 4) is 0 Å². The van der Waals surface area contributed by atoms with Gasteiger partial charge in [-0.3, -0.25) is 0 Å². The highest BCUT2D eigenvalue weighted by Gasteiger charge is 2.27. The molecule has 0 aliphatic heterocycles. The molecule has 0 bridgehead atoms. The summed E-state index contributed by atoms with van der Waals surface area (Å²) in [5.41, 5.74) is -4.95. The molecule has 0 rings (SSSR count). The zero-order valence-electron chi connectivity index (χ0n) is 9.89. The molecule has 0 saturated heterocycles. The molecule has 0 unspecified atom stereocenters. The Morgan fingerprint density at radius 3 is 2.18 bits per heavy atom. The van der Waals surface area contributed by atoms with E-state index in [-0.39, 0.29) is 30.6 Å². The third-order valence-corrected chi connectivity index (χ3v) is 3.23. The predicted octanol–water partition coefficient (Wildman–Crippen LogP) is 1.16. The smallest absolute Gasteiger partial charge is 0.314 e. The second-order valence-corrected chi connectivity index (χ2v) is 7.14. The highest BCUT2D eigenvalue weighted by Crippen LogP contribution is 2.29. The molecule has 0 fully saturated rings. The Hall–Kier alpha value is 0.01000. The van der Waals surface area contributed by atoms with Gasteiger partial charge >= 0.3 is 5.51 Å². The SMILES string of the molecule is CC(C)(CNCCSC(F)(F)F)NS(C)(=O)=O. The maximum Gasteiger partial charge on any atom is 0.441 e. The molecule has 9 heteroatoms. The van der Waals surface area contributed by atoms with Crippen LogP contribution in [0.5, 0.6) is 0 Å². The zero-order chi connectivity index (χ0) is 13.7. The van der Waals surface area contributed by atoms with E-state index in [1.165, 1.54) is 0 Å². The number of sulfonamides is 1. The molecule has 0 amide bonds. The summed E-state index contributed by atoms with van der Waals surface area (Å²) in [6.07, 6.45) is 1.04. The van der Waals surface area contributed by atoms with Crippen molar-refractivity contribution in [2.75, 3.05) is 25.1 Å². The van der Waals surface area contributed by atoms with Gasteiger partial charge in [-0.1, -0.05) is 0 Å². The number of rotatable bonds is 7. The quantitative estimate of drug-likeness (QED) is 0.692. The van der Waals surface area contributed by atoms with Crippen molar-refractivity contribution < 1.29 is 21.6 Å². The first-order valence-electron chi connectivity index (χ1n) is 4.82. The topological polar surface area (TPSA) is 58.2 Å². The number of hydrogen-bond donors (Lipinski definition) is 2. The molecule has 0 heterocycles. The molecular weight excluding hydrogens is 277 g/mol. The summed E-state index contributed by atoms with van der Waals surface area (Å²) in [5.74, 6) is -0.0988. The van der Waals surface area contributed by atoms with Crippen LogP contribution in [0.3, 0.4) is 0 Å². The van der Waals surface area contributed by atoms with E-state index < -0.39 is 21.1 Å². The van der Waals surface area contributed by atoms with Gasteiger partial charge in [0.25, 0.3) is 0 Å². The summed E-state index contributed by atoms with van der Waals surface area (Å²) in [5, 5.41) is 2.77. The fourth-order valence-electron chi connectivity index (χ4n) is 1.18. The first-order valence-corrected chi connectivity index (χ1v) is 7.69. The van der Waals surface area contributed by atoms with Crippen molar-refractivity contribution in [1.29, 1.82) is 0 Å². The van der Waals surface area contributed by atoms with Crippen molar-refractivity contribution in [3.05, 3.63) is 0 Å². The van der Waals surface area contributed by atoms with Crippen LogP contribution in [0, 0.1) is 0 Å². The average Bonchev–Trinajstić information content (AvgIpc) is 1.95. The van der Waals surface area contributed by atoms with Crippen LogP contribution in [-0.4, -0.2) is 44.6 Å². The summed E-state index contributed by atoms with van der Waals surface area (Å²) in [4.78, 5) is 0. The minimum atomic E-state index is -4.22. The first kappa shape index (κ1) is 17.0. The normalized spacial score (nSPS) is 14.0. The Labute approximate surface area is 104 Å². The minimum Gasteiger partial charge on any atom is -0.314 e. The third-order valence-electron chi connectivity index (χ3n) is 1.57. The van der Waals surface area contributed by atoms with Crippen molar-refractivity contribution in [2.24, 2.45) is 0 Å². The molecule has 0 aromatic heterocycles. The minimum absolute atomic E-state index is 0.0988. The van der Waals surface area contributed by atoms with E-state index in [1.807, 2.05) is 0 Å². The highest BCUT2D eigenvalue weighted by atomic mass is 32.2. The lowest BCUT2D eigenvalue weighted by molar-refractivity contribution is -0.0327. The summed E-state index contributed by atoms with van der Waals surface area (Å²) in [6, 6.07) is 0. The standard InChI is InChI=1S/C8H17F3N2O2S2/c1-7(2,13-17(3,14)15)6-12-4-5-16-8(9,10)11/h12-13H,4-6H2,1-3H3. The van der Waals surface area contributed by atoms with Crippen LogP contribution >= 0.6 is 11.8 Å². The Balaban J connectivity index is 3.81. The molecule has 0 aromatic carbocycles. The monoisotopic (exact) mass is 294 g/mol. The van der Waals surface area contributed by atoms with Crippen LogP contribution in [0.1, 0.15) is 13.8 Å². The van der Waals surface area contributed by atoms with Gasteiger partial charge in [0.1, 0.15) is 0 Å². The maximum atomic E-state index is 11.8. The maximum absolute atomic E-state index is 11.8. The van der Waals surface area contributed by atoms with E-state index in [2.05, 4.69) is 10.0 Å². The molecule has 0 aliphatic rings. The summed E-state index contributed by atoms with van der Waals surface area (Å²) >= 11 is -0.104. The Kier molecular flexibility index (Phi) is 6.26. The van der Waals surface area contributed by atoms with Crippen LogP contribution in [0.15, 0.2) is 0 Å². The molecule has 4 nitrogen and oxygen atoms in total. The van der Waals surface area contributed by atoms with Gasteiger partial charge in [0.05, 0.1) is 6.26 Å². The predicted molar refractivity (Wildman–Crippen MR) is 63.4 cm³/mol. The number of hydrogen-bond acceptors (Lipinski definition) is 4. The summed E-state index contributed by atoms with van der Waals surface area (Å²) in [7, 11) is -3.32. The molecule has 17 heavy (non-hydrogen) atoms. The van der Waals surface area contributed by atoms with Gasteiger partial charge in [-0.05, 0) is 25.6 Å². The third kappa shape index (κ3) is 12.3. The second kappa shape index (κ2) is 6.26. The number of thioether (sulfide) groups is 1. The fraction of sp³-hybridized carbons (Fsp3) is 1.00. The van der Waals surface area contributed by atoms with Gasteiger partial charge in [-0.2, -0.15) is 13.2 Å². The van der Waals surface area contributed by atoms with Crippen LogP contribution in [-0.2, 0) is 10.0 Å². The van der Waals surface area contributed by atoms with E-state index in [0.29, 0.717) is 0 Å². The van der Waals surface area contributed by atoms with E-state index in [9.17, 15) is 21.6 Å². The number of nitrogens with one attached hydrogen (secondary N) is 2. The lowest BCUT2D eigenvalue weighted by Crippen LogP contribution is -2.50. The molecule has 0 aliphatic carbocycles. The van der Waals surface area contributed by atoms with E-state index >= 15 is 0 Å². The number of halogens is 3. The fourth-order valence-corrected chi connectivity index (χ4v) is 2.73. The van der Waals surface area contributed by atoms with Crippen molar-refractivity contribution in [3.63, 3.8) is 0 Å². The second-order valence-electron chi connectivity index (χ2n) is 4.23. The van der Waals surface area contributed by atoms with Crippen molar-refractivity contribution >= 4 is 21.8 Å². The molecule has 0 atom stereocenters. The van der Waals surface area contributed by atoms with Crippen LogP contribution in [0.25, 0.3) is 0 Å². The zero-order valence-corrected chi connectivity index (χ0v) is 11.5. The summed E-state index contributed by atoms with van der Waals surface area (Å²) < 4.78 is 59.7. The molecule has 0 radical (unpaired) electrons. The molecule has 0 aromatic rings. The van der Waals surface area contributed by atoms with Crippen molar-refractivity contribution in [2.45, 2.75) is 24.9 Å². The number of alkyl halides is 3. The Morgan fingerprint density at radius 2 is 1.76 bits per heavy atom. The molecule has 104 valence electrons. The molecular formula is C8H17F3N2O2S2. The Morgan fingerprint density at radius 1 is 1.24 bits per heavy atom. The Bertz CT molecular complexity index is 328.